The first-order valence-electron chi connectivity index (χ1n) is 11.9. The van der Waals surface area contributed by atoms with Crippen molar-refractivity contribution in [1.29, 1.82) is 0 Å². The van der Waals surface area contributed by atoms with Crippen LogP contribution in [0.3, 0.4) is 0 Å². The van der Waals surface area contributed by atoms with E-state index in [1.807, 2.05) is 0 Å². The molecule has 8 heteroatoms. The lowest BCUT2D eigenvalue weighted by Gasteiger charge is -2.42. The highest BCUT2D eigenvalue weighted by molar-refractivity contribution is 9.10. The number of halogens is 2. The predicted molar refractivity (Wildman–Crippen MR) is 144 cm³/mol. The third-order valence-corrected chi connectivity index (χ3v) is 7.47. The van der Waals surface area contributed by atoms with Gasteiger partial charge < -0.3 is 28.4 Å². The topological polar surface area (TPSA) is 55.4 Å². The van der Waals surface area contributed by atoms with Crippen molar-refractivity contribution in [2.45, 2.75) is 31.5 Å². The van der Waals surface area contributed by atoms with Crippen molar-refractivity contribution in [2.75, 3.05) is 67.1 Å². The van der Waals surface area contributed by atoms with Gasteiger partial charge in [0.1, 0.15) is 0 Å². The largest absolute Gasteiger partial charge is 0.382 e. The van der Waals surface area contributed by atoms with Gasteiger partial charge in [-0.1, -0.05) is 44.0 Å². The zero-order valence-corrected chi connectivity index (χ0v) is 24.2. The third-order valence-electron chi connectivity index (χ3n) is 6.48. The Morgan fingerprint density at radius 2 is 1.03 bits per heavy atom. The standard InChI is InChI=1S/C27H36Br2O6/c1-19(34-15-13-32-11-9-30-3)27(20(2)35-16-14-33-12-10-31-4)25-17-21(28)5-7-23(25)24-8-6-22(29)18-26(24)27/h5-8,17-20H,9-16H2,1-4H3. The van der Waals surface area contributed by atoms with Crippen LogP contribution in [0.5, 0.6) is 0 Å². The lowest BCUT2D eigenvalue weighted by molar-refractivity contribution is -0.0776. The average Bonchev–Trinajstić information content (AvgIpc) is 3.12. The molecule has 0 radical (unpaired) electrons. The van der Waals surface area contributed by atoms with Gasteiger partial charge in [-0.25, -0.2) is 0 Å². The van der Waals surface area contributed by atoms with Gasteiger partial charge in [-0.05, 0) is 60.4 Å². The molecule has 3 rings (SSSR count). The molecule has 0 saturated heterocycles. The van der Waals surface area contributed by atoms with Crippen LogP contribution in [0.2, 0.25) is 0 Å². The van der Waals surface area contributed by atoms with Crippen LogP contribution in [0.1, 0.15) is 25.0 Å². The van der Waals surface area contributed by atoms with E-state index in [0.717, 1.165) is 8.95 Å². The normalized spacial score (nSPS) is 15.6. The maximum absolute atomic E-state index is 6.46. The number of ether oxygens (including phenoxy) is 6. The van der Waals surface area contributed by atoms with E-state index in [2.05, 4.69) is 82.1 Å². The zero-order chi connectivity index (χ0) is 25.3. The van der Waals surface area contributed by atoms with Gasteiger partial charge in [-0.15, -0.1) is 0 Å². The lowest BCUT2D eigenvalue weighted by Crippen LogP contribution is -2.49. The number of hydrogen-bond acceptors (Lipinski definition) is 6. The molecular weight excluding hydrogens is 580 g/mol. The van der Waals surface area contributed by atoms with Crippen LogP contribution in [0.4, 0.5) is 0 Å². The molecule has 194 valence electrons. The molecule has 0 fully saturated rings. The SMILES string of the molecule is COCCOCCOC(C)C1(C(C)OCCOCCOC)c2cc(Br)ccc2-c2ccc(Br)cc21. The first kappa shape index (κ1) is 28.7. The molecule has 2 aromatic carbocycles. The molecule has 0 aromatic heterocycles. The van der Waals surface area contributed by atoms with Gasteiger partial charge in [0.2, 0.25) is 0 Å². The Hall–Kier alpha value is -0.840. The molecule has 0 aliphatic heterocycles. The summed E-state index contributed by atoms with van der Waals surface area (Å²) < 4.78 is 36.4. The highest BCUT2D eigenvalue weighted by atomic mass is 79.9. The number of methoxy groups -OCH3 is 2. The quantitative estimate of drug-likeness (QED) is 0.229. The Morgan fingerprint density at radius 3 is 1.43 bits per heavy atom. The molecule has 0 N–H and O–H groups in total. The fourth-order valence-electron chi connectivity index (χ4n) is 4.86. The number of rotatable bonds is 16. The molecule has 1 aliphatic rings. The van der Waals surface area contributed by atoms with Gasteiger partial charge in [-0.3, -0.25) is 0 Å². The Kier molecular flexibility index (Phi) is 11.6. The van der Waals surface area contributed by atoms with E-state index in [4.69, 9.17) is 28.4 Å². The zero-order valence-electron chi connectivity index (χ0n) is 21.0. The molecule has 1 aliphatic carbocycles. The molecular formula is C27H36Br2O6. The monoisotopic (exact) mass is 614 g/mol. The van der Waals surface area contributed by atoms with Crippen molar-refractivity contribution in [3.05, 3.63) is 56.5 Å². The van der Waals surface area contributed by atoms with Crippen molar-refractivity contribution in [2.24, 2.45) is 0 Å². The summed E-state index contributed by atoms with van der Waals surface area (Å²) in [5.41, 5.74) is 4.28. The van der Waals surface area contributed by atoms with Crippen LogP contribution in [-0.2, 0) is 33.8 Å². The second-order valence-corrected chi connectivity index (χ2v) is 10.3. The van der Waals surface area contributed by atoms with Gasteiger partial charge in [0.05, 0.1) is 70.5 Å². The second kappa shape index (κ2) is 14.2. The number of fused-ring (bicyclic) bond motifs is 3. The minimum Gasteiger partial charge on any atom is -0.382 e. The first-order chi connectivity index (χ1) is 17.0. The highest BCUT2D eigenvalue weighted by Gasteiger charge is 2.52. The fourth-order valence-corrected chi connectivity index (χ4v) is 5.58. The summed E-state index contributed by atoms with van der Waals surface area (Å²) in [4.78, 5) is 0. The summed E-state index contributed by atoms with van der Waals surface area (Å²) in [6, 6.07) is 12.9. The number of benzene rings is 2. The summed E-state index contributed by atoms with van der Waals surface area (Å²) in [6.45, 7) is 8.46. The molecule has 0 amide bonds. The molecule has 2 atom stereocenters. The van der Waals surface area contributed by atoms with E-state index in [-0.39, 0.29) is 12.2 Å². The van der Waals surface area contributed by atoms with Crippen molar-refractivity contribution >= 4 is 31.9 Å². The Bertz CT molecular complexity index is 862. The highest BCUT2D eigenvalue weighted by Crippen LogP contribution is 2.55. The van der Waals surface area contributed by atoms with Gasteiger partial charge in [0.15, 0.2) is 0 Å². The summed E-state index contributed by atoms with van der Waals surface area (Å²) in [5, 5.41) is 0. The molecule has 0 spiro atoms. The lowest BCUT2D eigenvalue weighted by atomic mass is 9.70. The summed E-state index contributed by atoms with van der Waals surface area (Å²) in [7, 11) is 3.34. The van der Waals surface area contributed by atoms with Crippen molar-refractivity contribution in [3.8, 4) is 11.1 Å². The maximum Gasteiger partial charge on any atom is 0.0733 e. The molecule has 0 heterocycles. The Labute approximate surface area is 225 Å². The molecule has 2 unspecified atom stereocenters. The third kappa shape index (κ3) is 6.73. The van der Waals surface area contributed by atoms with Crippen LogP contribution in [0.15, 0.2) is 45.3 Å². The smallest absolute Gasteiger partial charge is 0.0733 e. The van der Waals surface area contributed by atoms with E-state index in [9.17, 15) is 0 Å². The van der Waals surface area contributed by atoms with E-state index >= 15 is 0 Å². The van der Waals surface area contributed by atoms with Crippen molar-refractivity contribution < 1.29 is 28.4 Å². The van der Waals surface area contributed by atoms with Crippen molar-refractivity contribution in [1.82, 2.24) is 0 Å². The van der Waals surface area contributed by atoms with Crippen LogP contribution >= 0.6 is 31.9 Å². The number of hydrogen-bond donors (Lipinski definition) is 0. The van der Waals surface area contributed by atoms with E-state index in [0.29, 0.717) is 52.9 Å². The average molecular weight is 616 g/mol. The van der Waals surface area contributed by atoms with Crippen LogP contribution in [-0.4, -0.2) is 79.3 Å². The summed E-state index contributed by atoms with van der Waals surface area (Å²) in [6.07, 6.45) is -0.358. The molecule has 0 bridgehead atoms. The molecule has 0 saturated carbocycles. The van der Waals surface area contributed by atoms with Gasteiger partial charge in [0, 0.05) is 23.2 Å². The Morgan fingerprint density at radius 1 is 0.629 bits per heavy atom. The fraction of sp³-hybridized carbons (Fsp3) is 0.556. The minimum atomic E-state index is -0.517. The van der Waals surface area contributed by atoms with E-state index in [1.165, 1.54) is 22.3 Å². The molecule has 35 heavy (non-hydrogen) atoms. The van der Waals surface area contributed by atoms with Gasteiger partial charge >= 0.3 is 0 Å². The minimum absolute atomic E-state index is 0.179. The summed E-state index contributed by atoms with van der Waals surface area (Å²) in [5.74, 6) is 0. The van der Waals surface area contributed by atoms with Crippen LogP contribution in [0.25, 0.3) is 11.1 Å². The van der Waals surface area contributed by atoms with E-state index < -0.39 is 5.41 Å². The Balaban J connectivity index is 1.91. The summed E-state index contributed by atoms with van der Waals surface area (Å²) >= 11 is 7.39. The van der Waals surface area contributed by atoms with Crippen molar-refractivity contribution in [3.63, 3.8) is 0 Å². The van der Waals surface area contributed by atoms with Gasteiger partial charge in [0.25, 0.3) is 0 Å². The van der Waals surface area contributed by atoms with Gasteiger partial charge in [-0.2, -0.15) is 0 Å². The molecule has 6 nitrogen and oxygen atoms in total. The van der Waals surface area contributed by atoms with Crippen LogP contribution < -0.4 is 0 Å². The van der Waals surface area contributed by atoms with Crippen LogP contribution in [0, 0.1) is 0 Å². The molecule has 2 aromatic rings. The van der Waals surface area contributed by atoms with E-state index in [1.54, 1.807) is 14.2 Å². The first-order valence-corrected chi connectivity index (χ1v) is 13.5. The second-order valence-electron chi connectivity index (χ2n) is 8.49. The maximum atomic E-state index is 6.46. The predicted octanol–water partition coefficient (Wildman–Crippen LogP) is 5.61.